The van der Waals surface area contributed by atoms with Gasteiger partial charge in [-0.25, -0.2) is 0 Å². The van der Waals surface area contributed by atoms with Gasteiger partial charge in [-0.15, -0.1) is 0 Å². The first-order chi connectivity index (χ1) is 7.55. The summed E-state index contributed by atoms with van der Waals surface area (Å²) in [6.45, 7) is 4.92. The zero-order chi connectivity index (χ0) is 11.9. The maximum absolute atomic E-state index is 5.90. The normalized spacial score (nSPS) is 17.3. The topological polar surface area (TPSA) is 35.2 Å². The van der Waals surface area contributed by atoms with E-state index in [1.54, 1.807) is 7.11 Å². The Hall–Kier alpha value is -0.540. The molecule has 1 aliphatic rings. The van der Waals surface area contributed by atoms with Gasteiger partial charge in [0.05, 0.1) is 7.11 Å². The number of halogens is 1. The summed E-state index contributed by atoms with van der Waals surface area (Å²) in [7, 11) is 1.74. The fourth-order valence-corrected chi connectivity index (χ4v) is 2.63. The maximum Gasteiger partial charge on any atom is 0.126 e. The average molecular weight is 284 g/mol. The van der Waals surface area contributed by atoms with Crippen molar-refractivity contribution in [2.24, 2.45) is 5.73 Å². The summed E-state index contributed by atoms with van der Waals surface area (Å²) in [5.41, 5.74) is 9.80. The third-order valence-electron chi connectivity index (χ3n) is 3.64. The zero-order valence-corrected chi connectivity index (χ0v) is 11.6. The molecular formula is C13H18BrNO. The Kier molecular flexibility index (Phi) is 3.01. The number of rotatable bonds is 3. The van der Waals surface area contributed by atoms with Gasteiger partial charge in [0.1, 0.15) is 5.75 Å². The van der Waals surface area contributed by atoms with E-state index in [9.17, 15) is 0 Å². The van der Waals surface area contributed by atoms with E-state index in [2.05, 4.69) is 35.8 Å². The van der Waals surface area contributed by atoms with Crippen LogP contribution < -0.4 is 10.5 Å². The van der Waals surface area contributed by atoms with Crippen LogP contribution in [-0.4, -0.2) is 13.7 Å². The van der Waals surface area contributed by atoms with Crippen LogP contribution >= 0.6 is 15.9 Å². The van der Waals surface area contributed by atoms with E-state index in [-0.39, 0.29) is 5.41 Å². The summed E-state index contributed by atoms with van der Waals surface area (Å²) in [6, 6.07) is 2.22. The van der Waals surface area contributed by atoms with Crippen molar-refractivity contribution < 1.29 is 4.74 Å². The summed E-state index contributed by atoms with van der Waals surface area (Å²) in [5.74, 6) is 1.00. The van der Waals surface area contributed by atoms with Crippen molar-refractivity contribution in [1.82, 2.24) is 0 Å². The molecule has 0 heterocycles. The first-order valence-electron chi connectivity index (χ1n) is 5.60. The van der Waals surface area contributed by atoms with Crippen LogP contribution in [0.4, 0.5) is 0 Å². The fourth-order valence-electron chi connectivity index (χ4n) is 2.33. The molecule has 1 fully saturated rings. The highest BCUT2D eigenvalue weighted by Gasteiger charge is 2.45. The lowest BCUT2D eigenvalue weighted by molar-refractivity contribution is 0.400. The van der Waals surface area contributed by atoms with E-state index in [4.69, 9.17) is 10.5 Å². The number of aryl methyl sites for hydroxylation is 1. The number of nitrogens with two attached hydrogens (primary N) is 1. The molecule has 2 N–H and O–H groups in total. The van der Waals surface area contributed by atoms with Gasteiger partial charge in [0, 0.05) is 27.6 Å². The average Bonchev–Trinajstić information content (AvgIpc) is 3.06. The van der Waals surface area contributed by atoms with Crippen molar-refractivity contribution in [3.8, 4) is 5.75 Å². The predicted molar refractivity (Wildman–Crippen MR) is 70.1 cm³/mol. The molecule has 0 unspecified atom stereocenters. The summed E-state index contributed by atoms with van der Waals surface area (Å²) in [5, 5.41) is 0. The quantitative estimate of drug-likeness (QED) is 0.925. The molecule has 1 aromatic rings. The zero-order valence-electron chi connectivity index (χ0n) is 10.1. The second kappa shape index (κ2) is 4.04. The summed E-state index contributed by atoms with van der Waals surface area (Å²) in [6.07, 6.45) is 2.36. The van der Waals surface area contributed by atoms with Crippen LogP contribution in [0.25, 0.3) is 0 Å². The third-order valence-corrected chi connectivity index (χ3v) is 4.86. The van der Waals surface area contributed by atoms with Gasteiger partial charge < -0.3 is 10.5 Å². The Bertz CT molecular complexity index is 424. The second-order valence-corrected chi connectivity index (χ2v) is 5.49. The smallest absolute Gasteiger partial charge is 0.126 e. The number of ether oxygens (including phenoxy) is 1. The Balaban J connectivity index is 2.61. The molecule has 3 heteroatoms. The van der Waals surface area contributed by atoms with E-state index in [1.165, 1.54) is 29.5 Å². The van der Waals surface area contributed by atoms with Gasteiger partial charge in [-0.3, -0.25) is 0 Å². The lowest BCUT2D eigenvalue weighted by Crippen LogP contribution is -2.21. The number of benzene rings is 1. The van der Waals surface area contributed by atoms with E-state index < -0.39 is 0 Å². The van der Waals surface area contributed by atoms with Crippen molar-refractivity contribution in [3.63, 3.8) is 0 Å². The maximum atomic E-state index is 5.90. The summed E-state index contributed by atoms with van der Waals surface area (Å²) in [4.78, 5) is 0. The van der Waals surface area contributed by atoms with E-state index in [1.807, 2.05) is 0 Å². The van der Waals surface area contributed by atoms with Crippen LogP contribution in [-0.2, 0) is 5.41 Å². The van der Waals surface area contributed by atoms with Crippen LogP contribution in [0, 0.1) is 13.8 Å². The molecule has 0 aromatic heterocycles. The Labute approximate surface area is 105 Å². The van der Waals surface area contributed by atoms with Gasteiger partial charge in [-0.05, 0) is 32.3 Å². The molecule has 1 aliphatic carbocycles. The van der Waals surface area contributed by atoms with E-state index in [0.717, 1.165) is 10.2 Å². The molecule has 0 saturated heterocycles. The van der Waals surface area contributed by atoms with Crippen molar-refractivity contribution in [3.05, 3.63) is 27.2 Å². The molecule has 2 nitrogen and oxygen atoms in total. The highest BCUT2D eigenvalue weighted by molar-refractivity contribution is 9.10. The SMILES string of the molecule is COc1c(C2(CN)CC2)cc(C)c(Br)c1C. The molecular weight excluding hydrogens is 266 g/mol. The van der Waals surface area contributed by atoms with Crippen LogP contribution in [0.1, 0.15) is 29.5 Å². The summed E-state index contributed by atoms with van der Waals surface area (Å²) >= 11 is 3.60. The molecule has 1 saturated carbocycles. The Morgan fingerprint density at radius 3 is 2.50 bits per heavy atom. The minimum Gasteiger partial charge on any atom is -0.496 e. The molecule has 0 amide bonds. The van der Waals surface area contributed by atoms with Gasteiger partial charge in [0.15, 0.2) is 0 Å². The molecule has 16 heavy (non-hydrogen) atoms. The molecule has 0 bridgehead atoms. The lowest BCUT2D eigenvalue weighted by Gasteiger charge is -2.21. The van der Waals surface area contributed by atoms with Gasteiger partial charge in [-0.2, -0.15) is 0 Å². The standard InChI is InChI=1S/C13H18BrNO/c1-8-6-10(13(7-15)4-5-13)12(16-3)9(2)11(8)14/h6H,4-5,7,15H2,1-3H3. The predicted octanol–water partition coefficient (Wildman–Crippen LogP) is 3.06. The van der Waals surface area contributed by atoms with E-state index in [0.29, 0.717) is 6.54 Å². The first kappa shape index (κ1) is 11.9. The fraction of sp³-hybridized carbons (Fsp3) is 0.538. The largest absolute Gasteiger partial charge is 0.496 e. The Morgan fingerprint density at radius 1 is 1.44 bits per heavy atom. The monoisotopic (exact) mass is 283 g/mol. The Morgan fingerprint density at radius 2 is 2.06 bits per heavy atom. The number of methoxy groups -OCH3 is 1. The van der Waals surface area contributed by atoms with E-state index >= 15 is 0 Å². The first-order valence-corrected chi connectivity index (χ1v) is 6.39. The minimum absolute atomic E-state index is 0.182. The molecule has 0 aliphatic heterocycles. The second-order valence-electron chi connectivity index (χ2n) is 4.70. The van der Waals surface area contributed by atoms with Gasteiger partial charge in [-0.1, -0.05) is 22.0 Å². The summed E-state index contributed by atoms with van der Waals surface area (Å²) < 4.78 is 6.69. The van der Waals surface area contributed by atoms with Crippen molar-refractivity contribution >= 4 is 15.9 Å². The molecule has 1 aromatic carbocycles. The van der Waals surface area contributed by atoms with Gasteiger partial charge >= 0.3 is 0 Å². The molecule has 0 atom stereocenters. The van der Waals surface area contributed by atoms with Crippen molar-refractivity contribution in [2.75, 3.05) is 13.7 Å². The highest BCUT2D eigenvalue weighted by Crippen LogP contribution is 2.52. The minimum atomic E-state index is 0.182. The molecule has 0 radical (unpaired) electrons. The van der Waals surface area contributed by atoms with Gasteiger partial charge in [0.2, 0.25) is 0 Å². The lowest BCUT2D eigenvalue weighted by atomic mass is 9.91. The molecule has 88 valence electrons. The molecule has 2 rings (SSSR count). The van der Waals surface area contributed by atoms with Crippen LogP contribution in [0.15, 0.2) is 10.5 Å². The van der Waals surface area contributed by atoms with Crippen LogP contribution in [0.2, 0.25) is 0 Å². The van der Waals surface area contributed by atoms with Crippen LogP contribution in [0.3, 0.4) is 0 Å². The number of hydrogen-bond acceptors (Lipinski definition) is 2. The highest BCUT2D eigenvalue weighted by atomic mass is 79.9. The van der Waals surface area contributed by atoms with Gasteiger partial charge in [0.25, 0.3) is 0 Å². The van der Waals surface area contributed by atoms with Crippen LogP contribution in [0.5, 0.6) is 5.75 Å². The van der Waals surface area contributed by atoms with Crippen molar-refractivity contribution in [1.29, 1.82) is 0 Å². The number of hydrogen-bond donors (Lipinski definition) is 1. The molecule has 0 spiro atoms. The third kappa shape index (κ3) is 1.66. The van der Waals surface area contributed by atoms with Crippen molar-refractivity contribution in [2.45, 2.75) is 32.1 Å².